The van der Waals surface area contributed by atoms with Gasteiger partial charge in [0.1, 0.15) is 0 Å². The molecule has 0 aromatic carbocycles. The molecule has 9 heavy (non-hydrogen) atoms. The van der Waals surface area contributed by atoms with Crippen LogP contribution in [0.5, 0.6) is 0 Å². The second-order valence-electron chi connectivity index (χ2n) is 1.56. The number of aliphatic hydroxyl groups excluding tert-OH is 1. The molecule has 1 aromatic rings. The second-order valence-corrected chi connectivity index (χ2v) is 1.56. The van der Waals surface area contributed by atoms with Crippen molar-refractivity contribution in [3.05, 3.63) is 5.82 Å². The zero-order valence-corrected chi connectivity index (χ0v) is 4.65. The molecule has 4 N–H and O–H groups in total. The van der Waals surface area contributed by atoms with Crippen LogP contribution in [0.2, 0.25) is 0 Å². The van der Waals surface area contributed by atoms with Gasteiger partial charge >= 0.3 is 0 Å². The Bertz CT molecular complexity index is 161. The number of aromatic nitrogens is 4. The molecule has 50 valence electrons. The number of hydrogen-bond acceptors (Lipinski definition) is 5. The van der Waals surface area contributed by atoms with Crippen molar-refractivity contribution >= 4 is 0 Å². The minimum Gasteiger partial charge on any atom is -0.394 e. The summed E-state index contributed by atoms with van der Waals surface area (Å²) in [4.78, 5) is 0. The molecule has 1 rings (SSSR count). The molecule has 0 spiro atoms. The molecule has 1 atom stereocenters. The molecule has 0 saturated carbocycles. The molecular formula is C3H7N5O. The Morgan fingerprint density at radius 2 is 2.56 bits per heavy atom. The lowest BCUT2D eigenvalue weighted by Gasteiger charge is -1.97. The van der Waals surface area contributed by atoms with Gasteiger partial charge in [-0.25, -0.2) is 0 Å². The van der Waals surface area contributed by atoms with E-state index in [0.717, 1.165) is 0 Å². The predicted molar refractivity (Wildman–Crippen MR) is 28.2 cm³/mol. The highest BCUT2D eigenvalue weighted by atomic mass is 16.3. The van der Waals surface area contributed by atoms with Gasteiger partial charge in [-0.05, 0) is 0 Å². The fourth-order valence-electron chi connectivity index (χ4n) is 0.408. The Kier molecular flexibility index (Phi) is 1.71. The minimum absolute atomic E-state index is 0.167. The average molecular weight is 129 g/mol. The number of tetrazole rings is 1. The monoisotopic (exact) mass is 129 g/mol. The quantitative estimate of drug-likeness (QED) is 0.437. The standard InChI is InChI=1S/C3H7N5O/c4-2(1-9)3-5-7-8-6-3/h2,9H,1,4H2,(H,5,6,7,8)/t2-/m1/s1. The van der Waals surface area contributed by atoms with Crippen LogP contribution in [0, 0.1) is 0 Å². The van der Waals surface area contributed by atoms with E-state index in [9.17, 15) is 0 Å². The molecule has 6 heteroatoms. The van der Waals surface area contributed by atoms with Crippen molar-refractivity contribution in [3.8, 4) is 0 Å². The number of nitrogens with zero attached hydrogens (tertiary/aromatic N) is 3. The van der Waals surface area contributed by atoms with Gasteiger partial charge in [-0.15, -0.1) is 10.2 Å². The van der Waals surface area contributed by atoms with Crippen molar-refractivity contribution in [2.45, 2.75) is 6.04 Å². The third-order valence-electron chi connectivity index (χ3n) is 0.890. The lowest BCUT2D eigenvalue weighted by Crippen LogP contribution is -2.16. The van der Waals surface area contributed by atoms with Crippen molar-refractivity contribution in [1.29, 1.82) is 0 Å². The predicted octanol–water partition coefficient (Wildman–Crippen LogP) is -1.81. The number of H-pyrrole nitrogens is 1. The largest absolute Gasteiger partial charge is 0.394 e. The molecule has 0 amide bonds. The molecule has 0 saturated heterocycles. The zero-order chi connectivity index (χ0) is 6.69. The molecule has 6 nitrogen and oxygen atoms in total. The summed E-state index contributed by atoms with van der Waals surface area (Å²) in [5, 5.41) is 21.1. The van der Waals surface area contributed by atoms with Crippen molar-refractivity contribution in [2.75, 3.05) is 6.61 Å². The molecule has 0 radical (unpaired) electrons. The van der Waals surface area contributed by atoms with Crippen molar-refractivity contribution in [3.63, 3.8) is 0 Å². The van der Waals surface area contributed by atoms with E-state index in [4.69, 9.17) is 10.8 Å². The van der Waals surface area contributed by atoms with E-state index in [2.05, 4.69) is 20.6 Å². The van der Waals surface area contributed by atoms with Gasteiger partial charge in [0.2, 0.25) is 0 Å². The SMILES string of the molecule is N[C@H](CO)c1nn[nH]n1. The Morgan fingerprint density at radius 1 is 1.78 bits per heavy atom. The first-order valence-electron chi connectivity index (χ1n) is 2.44. The summed E-state index contributed by atoms with van der Waals surface area (Å²) in [6.45, 7) is -0.167. The van der Waals surface area contributed by atoms with Crippen molar-refractivity contribution in [2.24, 2.45) is 5.73 Å². The van der Waals surface area contributed by atoms with Crippen molar-refractivity contribution in [1.82, 2.24) is 20.6 Å². The number of rotatable bonds is 2. The lowest BCUT2D eigenvalue weighted by molar-refractivity contribution is 0.263. The highest BCUT2D eigenvalue weighted by Gasteiger charge is 2.07. The van der Waals surface area contributed by atoms with E-state index in [-0.39, 0.29) is 6.61 Å². The molecule has 1 aromatic heterocycles. The molecule has 0 aliphatic carbocycles. The summed E-state index contributed by atoms with van der Waals surface area (Å²) in [5.41, 5.74) is 5.30. The number of hydrogen-bond donors (Lipinski definition) is 3. The maximum absolute atomic E-state index is 8.46. The highest BCUT2D eigenvalue weighted by Crippen LogP contribution is 1.96. The van der Waals surface area contributed by atoms with Gasteiger partial charge in [0.15, 0.2) is 5.82 Å². The first-order chi connectivity index (χ1) is 4.34. The van der Waals surface area contributed by atoms with Crippen LogP contribution >= 0.6 is 0 Å². The first-order valence-corrected chi connectivity index (χ1v) is 2.44. The minimum atomic E-state index is -0.524. The first kappa shape index (κ1) is 6.12. The van der Waals surface area contributed by atoms with Crippen LogP contribution < -0.4 is 5.73 Å². The van der Waals surface area contributed by atoms with Crippen LogP contribution in [0.25, 0.3) is 0 Å². The average Bonchev–Trinajstić information content (AvgIpc) is 2.37. The Morgan fingerprint density at radius 3 is 3.00 bits per heavy atom. The molecule has 0 bridgehead atoms. The van der Waals surface area contributed by atoms with Gasteiger partial charge in [-0.1, -0.05) is 5.21 Å². The van der Waals surface area contributed by atoms with Gasteiger partial charge in [0.25, 0.3) is 0 Å². The summed E-state index contributed by atoms with van der Waals surface area (Å²) in [7, 11) is 0. The summed E-state index contributed by atoms with van der Waals surface area (Å²) in [6, 6.07) is -0.524. The molecule has 0 fully saturated rings. The van der Waals surface area contributed by atoms with Crippen LogP contribution in [-0.4, -0.2) is 32.3 Å². The van der Waals surface area contributed by atoms with Gasteiger partial charge < -0.3 is 10.8 Å². The number of nitrogens with one attached hydrogen (secondary N) is 1. The van der Waals surface area contributed by atoms with E-state index < -0.39 is 6.04 Å². The van der Waals surface area contributed by atoms with Crippen molar-refractivity contribution < 1.29 is 5.11 Å². The van der Waals surface area contributed by atoms with E-state index in [1.54, 1.807) is 0 Å². The number of aromatic amines is 1. The Labute approximate surface area is 51.1 Å². The number of nitrogens with two attached hydrogens (primary N) is 1. The maximum atomic E-state index is 8.46. The van der Waals surface area contributed by atoms with E-state index in [1.165, 1.54) is 0 Å². The zero-order valence-electron chi connectivity index (χ0n) is 4.65. The smallest absolute Gasteiger partial charge is 0.193 e. The second kappa shape index (κ2) is 2.51. The lowest BCUT2D eigenvalue weighted by atomic mass is 10.3. The summed E-state index contributed by atoms with van der Waals surface area (Å²) in [5.74, 6) is 0.331. The molecule has 0 aliphatic heterocycles. The third-order valence-corrected chi connectivity index (χ3v) is 0.890. The van der Waals surface area contributed by atoms with E-state index in [1.807, 2.05) is 0 Å². The fourth-order valence-corrected chi connectivity index (χ4v) is 0.408. The van der Waals surface area contributed by atoms with E-state index in [0.29, 0.717) is 5.82 Å². The van der Waals surface area contributed by atoms with E-state index >= 15 is 0 Å². The van der Waals surface area contributed by atoms with Crippen LogP contribution in [0.15, 0.2) is 0 Å². The molecule has 1 heterocycles. The van der Waals surface area contributed by atoms with Gasteiger partial charge in [-0.3, -0.25) is 0 Å². The Balaban J connectivity index is 2.65. The highest BCUT2D eigenvalue weighted by molar-refractivity contribution is 4.85. The molecule has 0 aliphatic rings. The summed E-state index contributed by atoms with van der Waals surface area (Å²) in [6.07, 6.45) is 0. The van der Waals surface area contributed by atoms with Crippen LogP contribution in [0.1, 0.15) is 11.9 Å². The van der Waals surface area contributed by atoms with Crippen LogP contribution in [0.4, 0.5) is 0 Å². The fraction of sp³-hybridized carbons (Fsp3) is 0.667. The Hall–Kier alpha value is -1.01. The number of aliphatic hydroxyl groups is 1. The summed E-state index contributed by atoms with van der Waals surface area (Å²) < 4.78 is 0. The summed E-state index contributed by atoms with van der Waals surface area (Å²) >= 11 is 0. The third kappa shape index (κ3) is 1.21. The maximum Gasteiger partial charge on any atom is 0.193 e. The van der Waals surface area contributed by atoms with Crippen LogP contribution in [-0.2, 0) is 0 Å². The topological polar surface area (TPSA) is 101 Å². The normalized spacial score (nSPS) is 13.6. The molecular weight excluding hydrogens is 122 g/mol. The van der Waals surface area contributed by atoms with Gasteiger partial charge in [0, 0.05) is 0 Å². The van der Waals surface area contributed by atoms with Gasteiger partial charge in [-0.2, -0.15) is 5.21 Å². The molecule has 0 unspecified atom stereocenters. The van der Waals surface area contributed by atoms with Crippen LogP contribution in [0.3, 0.4) is 0 Å². The van der Waals surface area contributed by atoms with Gasteiger partial charge in [0.05, 0.1) is 12.6 Å².